The van der Waals surface area contributed by atoms with Crippen LogP contribution in [-0.4, -0.2) is 50.5 Å². The van der Waals surface area contributed by atoms with Crippen LogP contribution in [0.4, 0.5) is 8.78 Å². The Labute approximate surface area is 182 Å². The minimum absolute atomic E-state index is 0. The van der Waals surface area contributed by atoms with Gasteiger partial charge in [-0.25, -0.2) is 8.78 Å². The zero-order valence-electron chi connectivity index (χ0n) is 16.6. The van der Waals surface area contributed by atoms with Crippen molar-refractivity contribution in [2.45, 2.75) is 44.1 Å². The van der Waals surface area contributed by atoms with Crippen molar-refractivity contribution in [1.29, 1.82) is 0 Å². The minimum atomic E-state index is -0.506. The molecule has 3 rings (SSSR count). The molecule has 2 fully saturated rings. The summed E-state index contributed by atoms with van der Waals surface area (Å²) in [5, 5.41) is 6.50. The third-order valence-electron chi connectivity index (χ3n) is 5.72. The van der Waals surface area contributed by atoms with Crippen LogP contribution in [0.2, 0.25) is 0 Å². The predicted molar refractivity (Wildman–Crippen MR) is 117 cm³/mol. The summed E-state index contributed by atoms with van der Waals surface area (Å²) >= 11 is 0. The number of nitrogens with one attached hydrogen (secondary N) is 2. The number of rotatable bonds is 5. The van der Waals surface area contributed by atoms with Gasteiger partial charge in [0.05, 0.1) is 5.41 Å². The molecule has 2 atom stereocenters. The smallest absolute Gasteiger partial charge is 0.230 e. The number of hydrogen-bond donors (Lipinski definition) is 2. The van der Waals surface area contributed by atoms with Crippen LogP contribution < -0.4 is 10.6 Å². The number of carbonyl (C=O) groups excluding carboxylic acids is 1. The van der Waals surface area contributed by atoms with E-state index in [9.17, 15) is 13.6 Å². The van der Waals surface area contributed by atoms with Crippen molar-refractivity contribution in [2.75, 3.05) is 27.7 Å². The topological polar surface area (TPSA) is 56.7 Å². The molecule has 0 radical (unpaired) electrons. The quantitative estimate of drug-likeness (QED) is 0.367. The van der Waals surface area contributed by atoms with Gasteiger partial charge in [-0.05, 0) is 31.4 Å². The molecule has 0 aromatic heterocycles. The van der Waals surface area contributed by atoms with Crippen molar-refractivity contribution >= 4 is 35.8 Å². The van der Waals surface area contributed by atoms with E-state index in [2.05, 4.69) is 15.6 Å². The van der Waals surface area contributed by atoms with Crippen LogP contribution in [0.1, 0.15) is 43.6 Å². The Morgan fingerprint density at radius 3 is 2.39 bits per heavy atom. The lowest BCUT2D eigenvalue weighted by Gasteiger charge is -2.31. The zero-order valence-corrected chi connectivity index (χ0v) is 18.9. The Morgan fingerprint density at radius 1 is 1.25 bits per heavy atom. The molecule has 0 saturated heterocycles. The first-order chi connectivity index (χ1) is 12.9. The van der Waals surface area contributed by atoms with Gasteiger partial charge in [-0.3, -0.25) is 9.79 Å². The molecule has 2 saturated carbocycles. The normalized spacial score (nSPS) is 23.0. The van der Waals surface area contributed by atoms with Crippen molar-refractivity contribution < 1.29 is 13.6 Å². The molecule has 2 unspecified atom stereocenters. The van der Waals surface area contributed by atoms with E-state index >= 15 is 0 Å². The summed E-state index contributed by atoms with van der Waals surface area (Å²) in [6, 6.07) is 3.89. The lowest BCUT2D eigenvalue weighted by atomic mass is 9.84. The van der Waals surface area contributed by atoms with Crippen LogP contribution in [0.3, 0.4) is 0 Å². The number of hydrogen-bond acceptors (Lipinski definition) is 2. The Balaban J connectivity index is 0.00000280. The lowest BCUT2D eigenvalue weighted by Crippen LogP contribution is -2.49. The number of carbonyl (C=O) groups is 1. The molecule has 1 amide bonds. The number of benzene rings is 1. The Kier molecular flexibility index (Phi) is 7.64. The summed E-state index contributed by atoms with van der Waals surface area (Å²) in [6.07, 6.45) is 4.47. The van der Waals surface area contributed by atoms with Crippen molar-refractivity contribution in [3.05, 3.63) is 35.4 Å². The van der Waals surface area contributed by atoms with Crippen molar-refractivity contribution in [1.82, 2.24) is 15.5 Å². The maximum absolute atomic E-state index is 13.9. The first kappa shape index (κ1) is 22.8. The summed E-state index contributed by atoms with van der Waals surface area (Å²) < 4.78 is 27.9. The second-order valence-corrected chi connectivity index (χ2v) is 7.84. The molecule has 5 nitrogen and oxygen atoms in total. The fraction of sp³-hybridized carbons (Fsp3) is 0.600. The lowest BCUT2D eigenvalue weighted by molar-refractivity contribution is -0.138. The third kappa shape index (κ3) is 4.75. The van der Waals surface area contributed by atoms with Gasteiger partial charge < -0.3 is 15.5 Å². The van der Waals surface area contributed by atoms with E-state index in [1.807, 2.05) is 0 Å². The number of nitrogens with zero attached hydrogens (tertiary/aromatic N) is 2. The molecule has 0 heterocycles. The fourth-order valence-electron chi connectivity index (χ4n) is 4.15. The summed E-state index contributed by atoms with van der Waals surface area (Å²) in [5.41, 5.74) is -0.262. The Hall–Kier alpha value is -1.45. The molecule has 1 aromatic rings. The molecular formula is C20H29F2IN4O. The van der Waals surface area contributed by atoms with Gasteiger partial charge in [0, 0.05) is 45.2 Å². The molecule has 8 heteroatoms. The van der Waals surface area contributed by atoms with Gasteiger partial charge in [-0.1, -0.05) is 18.9 Å². The molecule has 2 N–H and O–H groups in total. The van der Waals surface area contributed by atoms with E-state index in [1.165, 1.54) is 18.2 Å². The highest BCUT2D eigenvalue weighted by Gasteiger charge is 2.44. The highest BCUT2D eigenvalue weighted by Crippen LogP contribution is 2.43. The SMILES string of the molecule is CN=C(NCC1(C(=O)N(C)C)CCCC1)NC1CC1c1c(F)cccc1F.I. The van der Waals surface area contributed by atoms with Gasteiger partial charge in [0.2, 0.25) is 5.91 Å². The fourth-order valence-corrected chi connectivity index (χ4v) is 4.15. The van der Waals surface area contributed by atoms with Gasteiger partial charge in [-0.15, -0.1) is 24.0 Å². The third-order valence-corrected chi connectivity index (χ3v) is 5.72. The maximum Gasteiger partial charge on any atom is 0.230 e. The number of guanidine groups is 1. The van der Waals surface area contributed by atoms with E-state index in [-0.39, 0.29) is 47.4 Å². The molecular weight excluding hydrogens is 477 g/mol. The molecule has 0 aliphatic heterocycles. The molecule has 0 spiro atoms. The first-order valence-corrected chi connectivity index (χ1v) is 9.51. The van der Waals surface area contributed by atoms with E-state index in [0.717, 1.165) is 25.7 Å². The van der Waals surface area contributed by atoms with Crippen LogP contribution in [-0.2, 0) is 4.79 Å². The summed E-state index contributed by atoms with van der Waals surface area (Å²) in [7, 11) is 5.23. The minimum Gasteiger partial charge on any atom is -0.355 e. The van der Waals surface area contributed by atoms with Crippen LogP contribution in [0.25, 0.3) is 0 Å². The average Bonchev–Trinajstić information content (AvgIpc) is 3.20. The maximum atomic E-state index is 13.9. The number of amides is 1. The molecule has 2 aliphatic rings. The molecule has 28 heavy (non-hydrogen) atoms. The molecule has 2 aliphatic carbocycles. The first-order valence-electron chi connectivity index (χ1n) is 9.51. The van der Waals surface area contributed by atoms with Gasteiger partial charge >= 0.3 is 0 Å². The standard InChI is InChI=1S/C20H28F2N4O.HI/c1-23-19(24-12-20(9-4-5-10-20)18(27)26(2)3)25-16-11-13(16)17-14(21)7-6-8-15(17)22;/h6-8,13,16H,4-5,9-12H2,1-3H3,(H2,23,24,25);1H. The van der Waals surface area contributed by atoms with E-state index in [0.29, 0.717) is 18.9 Å². The molecule has 0 bridgehead atoms. The van der Waals surface area contributed by atoms with E-state index in [1.54, 1.807) is 26.0 Å². The van der Waals surface area contributed by atoms with Crippen molar-refractivity contribution in [2.24, 2.45) is 10.4 Å². The highest BCUT2D eigenvalue weighted by molar-refractivity contribution is 14.0. The van der Waals surface area contributed by atoms with Gasteiger partial charge in [0.15, 0.2) is 5.96 Å². The largest absolute Gasteiger partial charge is 0.355 e. The van der Waals surface area contributed by atoms with Gasteiger partial charge in [0.1, 0.15) is 11.6 Å². The predicted octanol–water partition coefficient (Wildman–Crippen LogP) is 3.25. The number of halogens is 3. The summed E-state index contributed by atoms with van der Waals surface area (Å²) in [4.78, 5) is 18.5. The zero-order chi connectivity index (χ0) is 19.6. The van der Waals surface area contributed by atoms with Crippen LogP contribution in [0, 0.1) is 17.0 Å². The summed E-state index contributed by atoms with van der Waals surface area (Å²) in [5.74, 6) is -0.506. The monoisotopic (exact) mass is 506 g/mol. The second kappa shape index (κ2) is 9.37. The number of aliphatic imine (C=N–C) groups is 1. The second-order valence-electron chi connectivity index (χ2n) is 7.84. The van der Waals surface area contributed by atoms with Gasteiger partial charge in [0.25, 0.3) is 0 Å². The average molecular weight is 506 g/mol. The Bertz CT molecular complexity index is 715. The van der Waals surface area contributed by atoms with Crippen LogP contribution in [0.15, 0.2) is 23.2 Å². The van der Waals surface area contributed by atoms with Crippen LogP contribution in [0.5, 0.6) is 0 Å². The van der Waals surface area contributed by atoms with Crippen LogP contribution >= 0.6 is 24.0 Å². The van der Waals surface area contributed by atoms with E-state index < -0.39 is 17.0 Å². The Morgan fingerprint density at radius 2 is 1.86 bits per heavy atom. The molecule has 156 valence electrons. The van der Waals surface area contributed by atoms with Crippen molar-refractivity contribution in [3.8, 4) is 0 Å². The van der Waals surface area contributed by atoms with Crippen molar-refractivity contribution in [3.63, 3.8) is 0 Å². The summed E-state index contributed by atoms with van der Waals surface area (Å²) in [6.45, 7) is 0.509. The van der Waals surface area contributed by atoms with Gasteiger partial charge in [-0.2, -0.15) is 0 Å². The molecule has 1 aromatic carbocycles. The van der Waals surface area contributed by atoms with E-state index in [4.69, 9.17) is 0 Å². The highest BCUT2D eigenvalue weighted by atomic mass is 127.